The largest absolute Gasteiger partial charge is 0.409 e. The summed E-state index contributed by atoms with van der Waals surface area (Å²) in [4.78, 5) is 9.98. The van der Waals surface area contributed by atoms with Crippen LogP contribution in [-0.4, -0.2) is 29.2 Å². The lowest BCUT2D eigenvalue weighted by Gasteiger charge is -2.28. The Morgan fingerprint density at radius 3 is 2.38 bits per heavy atom. The minimum Gasteiger partial charge on any atom is -0.373 e. The van der Waals surface area contributed by atoms with Gasteiger partial charge in [-0.05, 0) is 26.8 Å². The van der Waals surface area contributed by atoms with Crippen LogP contribution in [0.1, 0.15) is 20.8 Å². The molecule has 0 saturated carbocycles. The lowest BCUT2D eigenvalue weighted by Crippen LogP contribution is -2.49. The molecule has 0 aromatic heterocycles. The molecule has 1 aromatic carbocycles. The summed E-state index contributed by atoms with van der Waals surface area (Å²) in [7, 11) is 0. The number of nitrogens with zero attached hydrogens (tertiary/aromatic N) is 1. The van der Waals surface area contributed by atoms with Crippen molar-refractivity contribution in [3.8, 4) is 0 Å². The minimum atomic E-state index is -4.47. The van der Waals surface area contributed by atoms with E-state index in [1.165, 1.54) is 18.2 Å². The number of anilines is 1. The van der Waals surface area contributed by atoms with Crippen LogP contribution < -0.4 is 10.6 Å². The number of non-ortho nitro benzene ring substituents is 1. The zero-order valence-corrected chi connectivity index (χ0v) is 12.0. The van der Waals surface area contributed by atoms with Crippen LogP contribution in [0.15, 0.2) is 24.3 Å². The Hall–Kier alpha value is -1.83. The Morgan fingerprint density at radius 1 is 1.29 bits per heavy atom. The maximum Gasteiger partial charge on any atom is 0.409 e. The fourth-order valence-corrected chi connectivity index (χ4v) is 1.57. The van der Waals surface area contributed by atoms with Crippen molar-refractivity contribution in [3.05, 3.63) is 34.4 Å². The highest BCUT2D eigenvalue weighted by Crippen LogP contribution is 2.25. The molecule has 0 bridgehead atoms. The SMILES string of the molecule is CC(C)(C)NCC(Nc1cccc([N+](=O)[O-])c1)C(F)(F)F. The monoisotopic (exact) mass is 305 g/mol. The Kier molecular flexibility index (Phi) is 5.16. The van der Waals surface area contributed by atoms with Crippen LogP contribution in [0, 0.1) is 10.1 Å². The Labute approximate surface area is 120 Å². The van der Waals surface area contributed by atoms with E-state index in [4.69, 9.17) is 0 Å². The molecule has 5 nitrogen and oxygen atoms in total. The van der Waals surface area contributed by atoms with E-state index < -0.39 is 22.7 Å². The third-order valence-corrected chi connectivity index (χ3v) is 2.63. The molecule has 1 atom stereocenters. The van der Waals surface area contributed by atoms with Crippen molar-refractivity contribution in [1.29, 1.82) is 0 Å². The van der Waals surface area contributed by atoms with Gasteiger partial charge in [-0.25, -0.2) is 0 Å². The number of nitro benzene ring substituents is 1. The Balaban J connectivity index is 2.86. The molecule has 8 heteroatoms. The first-order valence-electron chi connectivity index (χ1n) is 6.32. The average molecular weight is 305 g/mol. The molecule has 1 aromatic rings. The zero-order chi connectivity index (χ0) is 16.3. The molecule has 21 heavy (non-hydrogen) atoms. The number of benzene rings is 1. The van der Waals surface area contributed by atoms with Crippen molar-refractivity contribution in [2.75, 3.05) is 11.9 Å². The van der Waals surface area contributed by atoms with Gasteiger partial charge in [0.05, 0.1) is 4.92 Å². The smallest absolute Gasteiger partial charge is 0.373 e. The fraction of sp³-hybridized carbons (Fsp3) is 0.538. The number of nitro groups is 1. The maximum atomic E-state index is 13.0. The summed E-state index contributed by atoms with van der Waals surface area (Å²) < 4.78 is 39.0. The highest BCUT2D eigenvalue weighted by Gasteiger charge is 2.40. The average Bonchev–Trinajstić information content (AvgIpc) is 2.32. The van der Waals surface area contributed by atoms with E-state index in [1.54, 1.807) is 20.8 Å². The molecule has 2 N–H and O–H groups in total. The standard InChI is InChI=1S/C13H18F3N3O2/c1-12(2,3)17-8-11(13(14,15)16)18-9-5-4-6-10(7-9)19(20)21/h4-7,11,17-18H,8H2,1-3H3. The first kappa shape index (κ1) is 17.2. The van der Waals surface area contributed by atoms with Gasteiger partial charge in [-0.1, -0.05) is 6.07 Å². The lowest BCUT2D eigenvalue weighted by atomic mass is 10.1. The van der Waals surface area contributed by atoms with Crippen LogP contribution >= 0.6 is 0 Å². The maximum absolute atomic E-state index is 13.0. The van der Waals surface area contributed by atoms with Crippen molar-refractivity contribution in [2.24, 2.45) is 0 Å². The van der Waals surface area contributed by atoms with Crippen LogP contribution in [0.4, 0.5) is 24.5 Å². The number of hydrogen-bond acceptors (Lipinski definition) is 4. The third-order valence-electron chi connectivity index (χ3n) is 2.63. The number of halogens is 3. The van der Waals surface area contributed by atoms with Crippen molar-refractivity contribution < 1.29 is 18.1 Å². The van der Waals surface area contributed by atoms with E-state index in [9.17, 15) is 23.3 Å². The quantitative estimate of drug-likeness (QED) is 0.647. The van der Waals surface area contributed by atoms with E-state index in [1.807, 2.05) is 0 Å². The van der Waals surface area contributed by atoms with Gasteiger partial charge >= 0.3 is 6.18 Å². The van der Waals surface area contributed by atoms with Crippen molar-refractivity contribution >= 4 is 11.4 Å². The molecule has 0 fully saturated rings. The molecule has 0 aliphatic carbocycles. The summed E-state index contributed by atoms with van der Waals surface area (Å²) in [6, 6.07) is 3.17. The predicted molar refractivity (Wildman–Crippen MR) is 74.3 cm³/mol. The topological polar surface area (TPSA) is 67.2 Å². The van der Waals surface area contributed by atoms with Crippen molar-refractivity contribution in [2.45, 2.75) is 38.5 Å². The number of hydrogen-bond donors (Lipinski definition) is 2. The van der Waals surface area contributed by atoms with Gasteiger partial charge in [-0.15, -0.1) is 0 Å². The molecule has 0 spiro atoms. The van der Waals surface area contributed by atoms with Gasteiger partial charge in [0, 0.05) is 29.9 Å². The highest BCUT2D eigenvalue weighted by atomic mass is 19.4. The van der Waals surface area contributed by atoms with E-state index >= 15 is 0 Å². The highest BCUT2D eigenvalue weighted by molar-refractivity contribution is 5.51. The molecule has 1 unspecified atom stereocenters. The van der Waals surface area contributed by atoms with Gasteiger partial charge < -0.3 is 10.6 Å². The first-order chi connectivity index (χ1) is 9.49. The summed E-state index contributed by atoms with van der Waals surface area (Å²) >= 11 is 0. The van der Waals surface area contributed by atoms with Gasteiger partial charge in [0.15, 0.2) is 0 Å². The predicted octanol–water partition coefficient (Wildman–Crippen LogP) is 3.33. The van der Waals surface area contributed by atoms with E-state index in [2.05, 4.69) is 10.6 Å². The molecule has 0 amide bonds. The normalized spacial score (nSPS) is 13.8. The van der Waals surface area contributed by atoms with Crippen molar-refractivity contribution in [3.63, 3.8) is 0 Å². The third kappa shape index (κ3) is 5.99. The summed E-state index contributed by atoms with van der Waals surface area (Å²) in [5.74, 6) is 0. The summed E-state index contributed by atoms with van der Waals surface area (Å²) in [5, 5.41) is 15.7. The molecule has 0 aliphatic rings. The van der Waals surface area contributed by atoms with Crippen LogP contribution in [0.25, 0.3) is 0 Å². The molecule has 0 saturated heterocycles. The van der Waals surface area contributed by atoms with Gasteiger partial charge in [0.25, 0.3) is 5.69 Å². The van der Waals surface area contributed by atoms with Gasteiger partial charge in [-0.3, -0.25) is 10.1 Å². The molecule has 1 rings (SSSR count). The molecular weight excluding hydrogens is 287 g/mol. The molecule has 0 aliphatic heterocycles. The molecule has 0 heterocycles. The molecule has 118 valence electrons. The molecule has 0 radical (unpaired) electrons. The second-order valence-electron chi connectivity index (χ2n) is 5.68. The Morgan fingerprint density at radius 2 is 1.90 bits per heavy atom. The van der Waals surface area contributed by atoms with Crippen LogP contribution in [0.2, 0.25) is 0 Å². The number of nitrogens with one attached hydrogen (secondary N) is 2. The van der Waals surface area contributed by atoms with Crippen molar-refractivity contribution in [1.82, 2.24) is 5.32 Å². The van der Waals surface area contributed by atoms with Crippen LogP contribution in [0.3, 0.4) is 0 Å². The Bertz CT molecular complexity index is 498. The molecular formula is C13H18F3N3O2. The fourth-order valence-electron chi connectivity index (χ4n) is 1.57. The first-order valence-corrected chi connectivity index (χ1v) is 6.32. The van der Waals surface area contributed by atoms with E-state index in [-0.39, 0.29) is 17.9 Å². The summed E-state index contributed by atoms with van der Waals surface area (Å²) in [6.45, 7) is 4.94. The van der Waals surface area contributed by atoms with Crippen LogP contribution in [-0.2, 0) is 0 Å². The zero-order valence-electron chi connectivity index (χ0n) is 12.0. The number of alkyl halides is 3. The van der Waals surface area contributed by atoms with Gasteiger partial charge in [0.2, 0.25) is 0 Å². The second-order valence-corrected chi connectivity index (χ2v) is 5.68. The van der Waals surface area contributed by atoms with Crippen LogP contribution in [0.5, 0.6) is 0 Å². The summed E-state index contributed by atoms with van der Waals surface area (Å²) in [5.41, 5.74) is -0.666. The van der Waals surface area contributed by atoms with Gasteiger partial charge in [-0.2, -0.15) is 13.2 Å². The number of rotatable bonds is 5. The summed E-state index contributed by atoms with van der Waals surface area (Å²) in [6.07, 6.45) is -4.47. The lowest BCUT2D eigenvalue weighted by molar-refractivity contribution is -0.384. The van der Waals surface area contributed by atoms with Gasteiger partial charge in [0.1, 0.15) is 6.04 Å². The van der Waals surface area contributed by atoms with E-state index in [0.29, 0.717) is 0 Å². The van der Waals surface area contributed by atoms with E-state index in [0.717, 1.165) is 6.07 Å². The second kappa shape index (κ2) is 6.30. The minimum absolute atomic E-state index is 0.0576.